The molecular weight excluding hydrogens is 207 g/mol. The van der Waals surface area contributed by atoms with Crippen molar-refractivity contribution in [1.82, 2.24) is 0 Å². The van der Waals surface area contributed by atoms with Crippen LogP contribution < -0.4 is 10.6 Å². The van der Waals surface area contributed by atoms with Crippen molar-refractivity contribution in [2.45, 2.75) is 12.5 Å². The normalized spacial score (nSPS) is 20.9. The lowest BCUT2D eigenvalue weighted by Crippen LogP contribution is -2.25. The summed E-state index contributed by atoms with van der Waals surface area (Å²) in [5, 5.41) is 0.801. The smallest absolute Gasteiger partial charge is 0.196 e. The van der Waals surface area contributed by atoms with E-state index in [1.807, 2.05) is 12.1 Å². The molecule has 1 aliphatic rings. The maximum absolute atomic E-state index is 13.4. The Balaban J connectivity index is 2.02. The highest BCUT2D eigenvalue weighted by Crippen LogP contribution is 2.29. The molecule has 0 spiro atoms. The molecule has 0 amide bonds. The molecule has 1 saturated heterocycles. The van der Waals surface area contributed by atoms with Crippen LogP contribution in [0, 0.1) is 5.82 Å². The monoisotopic (exact) mass is 220 g/mol. The van der Waals surface area contributed by atoms with Crippen LogP contribution in [0.5, 0.6) is 0 Å². The van der Waals surface area contributed by atoms with Crippen LogP contribution in [-0.2, 0) is 0 Å². The molecule has 1 atom stereocenters. The molecule has 1 aromatic heterocycles. The number of furan rings is 1. The summed E-state index contributed by atoms with van der Waals surface area (Å²) in [6, 6.07) is 7.01. The van der Waals surface area contributed by atoms with E-state index in [0.29, 0.717) is 11.5 Å². The van der Waals surface area contributed by atoms with Crippen LogP contribution in [0.4, 0.5) is 10.3 Å². The Kier molecular flexibility index (Phi) is 2.11. The Morgan fingerprint density at radius 2 is 2.31 bits per heavy atom. The van der Waals surface area contributed by atoms with E-state index in [4.69, 9.17) is 10.2 Å². The minimum atomic E-state index is -0.313. The minimum Gasteiger partial charge on any atom is -0.437 e. The summed E-state index contributed by atoms with van der Waals surface area (Å²) in [5.41, 5.74) is 6.16. The van der Waals surface area contributed by atoms with Gasteiger partial charge in [0.1, 0.15) is 0 Å². The van der Waals surface area contributed by atoms with E-state index in [1.54, 1.807) is 6.07 Å². The summed E-state index contributed by atoms with van der Waals surface area (Å²) >= 11 is 0. The number of halogens is 1. The predicted octanol–water partition coefficient (Wildman–Crippen LogP) is 2.11. The maximum Gasteiger partial charge on any atom is 0.196 e. The van der Waals surface area contributed by atoms with Crippen molar-refractivity contribution in [2.75, 3.05) is 18.0 Å². The maximum atomic E-state index is 13.4. The average molecular weight is 220 g/mol. The van der Waals surface area contributed by atoms with Gasteiger partial charge in [-0.2, -0.15) is 0 Å². The van der Waals surface area contributed by atoms with Crippen molar-refractivity contribution in [3.05, 3.63) is 30.1 Å². The molecule has 0 saturated carbocycles. The van der Waals surface area contributed by atoms with Crippen molar-refractivity contribution in [2.24, 2.45) is 5.73 Å². The first-order valence-corrected chi connectivity index (χ1v) is 5.42. The van der Waals surface area contributed by atoms with Gasteiger partial charge in [-0.1, -0.05) is 12.1 Å². The van der Waals surface area contributed by atoms with Crippen molar-refractivity contribution < 1.29 is 8.81 Å². The number of anilines is 1. The predicted molar refractivity (Wildman–Crippen MR) is 61.0 cm³/mol. The van der Waals surface area contributed by atoms with Crippen LogP contribution in [0.15, 0.2) is 28.7 Å². The molecule has 4 heteroatoms. The number of hydrogen-bond acceptors (Lipinski definition) is 3. The summed E-state index contributed by atoms with van der Waals surface area (Å²) in [6.07, 6.45) is 0.958. The molecule has 0 aliphatic carbocycles. The number of rotatable bonds is 1. The van der Waals surface area contributed by atoms with Crippen LogP contribution in [0.3, 0.4) is 0 Å². The topological polar surface area (TPSA) is 42.4 Å². The molecule has 84 valence electrons. The summed E-state index contributed by atoms with van der Waals surface area (Å²) in [5.74, 6) is 0.403. The molecule has 0 radical (unpaired) electrons. The highest BCUT2D eigenvalue weighted by Gasteiger charge is 2.22. The first-order chi connectivity index (χ1) is 7.74. The molecule has 3 nitrogen and oxygen atoms in total. The summed E-state index contributed by atoms with van der Waals surface area (Å²) < 4.78 is 19.0. The standard InChI is InChI=1S/C12H13FN2O/c13-10-3-1-2-8-6-11(16-12(8)10)15-5-4-9(14)7-15/h1-3,6,9H,4-5,7,14H2. The van der Waals surface area contributed by atoms with Crippen LogP contribution >= 0.6 is 0 Å². The highest BCUT2D eigenvalue weighted by atomic mass is 19.1. The molecule has 0 bridgehead atoms. The number of nitrogens with zero attached hydrogens (tertiary/aromatic N) is 1. The van der Waals surface area contributed by atoms with Crippen LogP contribution in [0.25, 0.3) is 11.0 Å². The zero-order valence-electron chi connectivity index (χ0n) is 8.82. The fourth-order valence-corrected chi connectivity index (χ4v) is 2.16. The lowest BCUT2D eigenvalue weighted by atomic mass is 10.2. The van der Waals surface area contributed by atoms with Gasteiger partial charge in [0.15, 0.2) is 17.3 Å². The quantitative estimate of drug-likeness (QED) is 0.800. The molecule has 3 rings (SSSR count). The van der Waals surface area contributed by atoms with E-state index in [9.17, 15) is 4.39 Å². The fraction of sp³-hybridized carbons (Fsp3) is 0.333. The van der Waals surface area contributed by atoms with Crippen molar-refractivity contribution in [1.29, 1.82) is 0 Å². The first kappa shape index (κ1) is 9.66. The van der Waals surface area contributed by atoms with Crippen molar-refractivity contribution >= 4 is 16.9 Å². The largest absolute Gasteiger partial charge is 0.437 e. The molecule has 2 heterocycles. The summed E-state index contributed by atoms with van der Waals surface area (Å²) in [7, 11) is 0. The van der Waals surface area contributed by atoms with Gasteiger partial charge in [0.25, 0.3) is 0 Å². The SMILES string of the molecule is NC1CCN(c2cc3cccc(F)c3o2)C1. The molecule has 2 N–H and O–H groups in total. The molecule has 2 aromatic rings. The van der Waals surface area contributed by atoms with Gasteiger partial charge in [-0.25, -0.2) is 4.39 Å². The van der Waals surface area contributed by atoms with Gasteiger partial charge in [-0.3, -0.25) is 0 Å². The molecule has 1 unspecified atom stereocenters. The third-order valence-corrected chi connectivity index (χ3v) is 3.02. The first-order valence-electron chi connectivity index (χ1n) is 5.42. The summed E-state index contributed by atoms with van der Waals surface area (Å²) in [4.78, 5) is 2.06. The molecular formula is C12H13FN2O. The zero-order valence-corrected chi connectivity index (χ0v) is 8.82. The fourth-order valence-electron chi connectivity index (χ4n) is 2.16. The second-order valence-electron chi connectivity index (χ2n) is 4.24. The number of benzene rings is 1. The van der Waals surface area contributed by atoms with Gasteiger partial charge >= 0.3 is 0 Å². The number of fused-ring (bicyclic) bond motifs is 1. The van der Waals surface area contributed by atoms with Gasteiger partial charge in [0.2, 0.25) is 0 Å². The van der Waals surface area contributed by atoms with E-state index < -0.39 is 0 Å². The van der Waals surface area contributed by atoms with Gasteiger partial charge < -0.3 is 15.1 Å². The van der Waals surface area contributed by atoms with Crippen molar-refractivity contribution in [3.8, 4) is 0 Å². The molecule has 16 heavy (non-hydrogen) atoms. The zero-order chi connectivity index (χ0) is 11.1. The van der Waals surface area contributed by atoms with Crippen LogP contribution in [0.2, 0.25) is 0 Å². The highest BCUT2D eigenvalue weighted by molar-refractivity contribution is 5.81. The number of para-hydroxylation sites is 1. The lowest BCUT2D eigenvalue weighted by Gasteiger charge is -2.13. The van der Waals surface area contributed by atoms with Gasteiger partial charge in [0, 0.05) is 30.6 Å². The van der Waals surface area contributed by atoms with E-state index in [1.165, 1.54) is 6.07 Å². The van der Waals surface area contributed by atoms with Gasteiger partial charge in [-0.05, 0) is 12.5 Å². The van der Waals surface area contributed by atoms with Gasteiger partial charge in [-0.15, -0.1) is 0 Å². The van der Waals surface area contributed by atoms with Crippen LogP contribution in [-0.4, -0.2) is 19.1 Å². The van der Waals surface area contributed by atoms with Gasteiger partial charge in [0.05, 0.1) is 0 Å². The molecule has 1 aliphatic heterocycles. The molecule has 1 aromatic carbocycles. The Bertz CT molecular complexity index is 523. The third kappa shape index (κ3) is 1.46. The van der Waals surface area contributed by atoms with E-state index in [0.717, 1.165) is 24.9 Å². The Morgan fingerprint density at radius 3 is 3.00 bits per heavy atom. The molecule has 1 fully saturated rings. The van der Waals surface area contributed by atoms with E-state index in [-0.39, 0.29) is 11.9 Å². The van der Waals surface area contributed by atoms with E-state index >= 15 is 0 Å². The second-order valence-corrected chi connectivity index (χ2v) is 4.24. The Hall–Kier alpha value is -1.55. The summed E-state index contributed by atoms with van der Waals surface area (Å²) in [6.45, 7) is 1.66. The van der Waals surface area contributed by atoms with E-state index in [2.05, 4.69) is 4.90 Å². The second kappa shape index (κ2) is 3.49. The lowest BCUT2D eigenvalue weighted by molar-refractivity contribution is 0.553. The average Bonchev–Trinajstić information content (AvgIpc) is 2.84. The minimum absolute atomic E-state index is 0.193. The van der Waals surface area contributed by atoms with Crippen LogP contribution in [0.1, 0.15) is 6.42 Å². The third-order valence-electron chi connectivity index (χ3n) is 3.02. The number of hydrogen-bond donors (Lipinski definition) is 1. The Labute approximate surface area is 92.6 Å². The number of nitrogens with two attached hydrogens (primary N) is 1. The Morgan fingerprint density at radius 1 is 1.44 bits per heavy atom. The van der Waals surface area contributed by atoms with Crippen molar-refractivity contribution in [3.63, 3.8) is 0 Å².